The molecule has 1 heterocycles. The Hall–Kier alpha value is -2.51. The lowest BCUT2D eigenvalue weighted by Gasteiger charge is -2.23. The molecule has 0 aliphatic carbocycles. The predicted molar refractivity (Wildman–Crippen MR) is 111 cm³/mol. The minimum atomic E-state index is -0.361. The Labute approximate surface area is 168 Å². The Morgan fingerprint density at radius 2 is 1.89 bits per heavy atom. The fourth-order valence-electron chi connectivity index (χ4n) is 3.10. The molecule has 148 valence electrons. The van der Waals surface area contributed by atoms with Crippen molar-refractivity contribution in [1.82, 2.24) is 4.98 Å². The first-order valence-electron chi connectivity index (χ1n) is 9.41. The monoisotopic (exact) mass is 402 g/mol. The summed E-state index contributed by atoms with van der Waals surface area (Å²) >= 11 is 1.46. The lowest BCUT2D eigenvalue weighted by Crippen LogP contribution is -3.12. The van der Waals surface area contributed by atoms with Crippen molar-refractivity contribution in [2.75, 3.05) is 38.2 Å². The number of para-hydroxylation sites is 1. The van der Waals surface area contributed by atoms with Crippen molar-refractivity contribution in [3.8, 4) is 5.75 Å². The molecule has 1 amide bonds. The number of anilines is 1. The topological polar surface area (TPSA) is 46.9 Å². The number of amides is 1. The van der Waals surface area contributed by atoms with Gasteiger partial charge in [-0.15, -0.1) is 0 Å². The summed E-state index contributed by atoms with van der Waals surface area (Å²) in [6, 6.07) is 11.4. The Balaban J connectivity index is 1.97. The number of benzene rings is 2. The van der Waals surface area contributed by atoms with Gasteiger partial charge >= 0.3 is 0 Å². The summed E-state index contributed by atoms with van der Waals surface area (Å²) in [6.07, 6.45) is 0. The van der Waals surface area contributed by atoms with E-state index in [2.05, 4.69) is 13.8 Å². The van der Waals surface area contributed by atoms with E-state index in [4.69, 9.17) is 9.72 Å². The maximum atomic E-state index is 13.3. The largest absolute Gasteiger partial charge is 0.494 e. The van der Waals surface area contributed by atoms with Crippen molar-refractivity contribution < 1.29 is 18.8 Å². The maximum absolute atomic E-state index is 13.3. The summed E-state index contributed by atoms with van der Waals surface area (Å²) in [7, 11) is 1.61. The number of carbonyl (C=O) groups is 1. The second-order valence-electron chi connectivity index (χ2n) is 6.47. The Morgan fingerprint density at radius 1 is 1.18 bits per heavy atom. The van der Waals surface area contributed by atoms with Crippen LogP contribution in [0, 0.1) is 5.82 Å². The van der Waals surface area contributed by atoms with Gasteiger partial charge < -0.3 is 9.64 Å². The van der Waals surface area contributed by atoms with Crippen LogP contribution in [0.2, 0.25) is 0 Å². The molecule has 1 N–H and O–H groups in total. The summed E-state index contributed by atoms with van der Waals surface area (Å²) in [5.41, 5.74) is 1.19. The number of hydrogen-bond acceptors (Lipinski definition) is 4. The molecule has 2 aromatic carbocycles. The molecule has 1 aromatic heterocycles. The number of rotatable bonds is 8. The van der Waals surface area contributed by atoms with Gasteiger partial charge in [-0.05, 0) is 50.2 Å². The highest BCUT2D eigenvalue weighted by molar-refractivity contribution is 7.22. The Bertz CT molecular complexity index is 938. The molecule has 5 nitrogen and oxygen atoms in total. The van der Waals surface area contributed by atoms with Crippen molar-refractivity contribution in [1.29, 1.82) is 0 Å². The quantitative estimate of drug-likeness (QED) is 0.630. The SMILES string of the molecule is CC[NH+](CC)CCN(C(=O)c1ccc(F)cc1)c1nc2c(OC)cccc2s1. The smallest absolute Gasteiger partial charge is 0.260 e. The standard InChI is InChI=1S/C21H24FN3O2S/c1-4-24(5-2)13-14-25(20(26)15-9-11-16(22)12-10-15)21-23-19-17(27-3)7-6-8-18(19)28-21/h6-12H,4-5,13-14H2,1-3H3/p+1. The predicted octanol–water partition coefficient (Wildman–Crippen LogP) is 3.02. The molecule has 0 atom stereocenters. The molecule has 0 aliphatic rings. The van der Waals surface area contributed by atoms with Gasteiger partial charge in [0.1, 0.15) is 17.1 Å². The first kappa shape index (κ1) is 20.2. The zero-order valence-electron chi connectivity index (χ0n) is 16.4. The number of methoxy groups -OCH3 is 1. The van der Waals surface area contributed by atoms with Gasteiger partial charge in [0.15, 0.2) is 5.13 Å². The molecule has 0 saturated carbocycles. The number of ether oxygens (including phenoxy) is 1. The van der Waals surface area contributed by atoms with Crippen molar-refractivity contribution in [2.24, 2.45) is 0 Å². The highest BCUT2D eigenvalue weighted by atomic mass is 32.1. The van der Waals surface area contributed by atoms with E-state index in [0.717, 1.165) is 29.9 Å². The summed E-state index contributed by atoms with van der Waals surface area (Å²) in [5.74, 6) is 0.147. The van der Waals surface area contributed by atoms with Crippen molar-refractivity contribution >= 4 is 32.6 Å². The van der Waals surface area contributed by atoms with Gasteiger partial charge in [0.2, 0.25) is 0 Å². The zero-order chi connectivity index (χ0) is 20.1. The molecule has 0 saturated heterocycles. The van der Waals surface area contributed by atoms with Crippen LogP contribution in [0.4, 0.5) is 9.52 Å². The van der Waals surface area contributed by atoms with Gasteiger partial charge in [0.25, 0.3) is 5.91 Å². The van der Waals surface area contributed by atoms with E-state index in [0.29, 0.717) is 23.0 Å². The number of hydrogen-bond donors (Lipinski definition) is 1. The molecule has 0 unspecified atom stereocenters. The molecule has 7 heteroatoms. The van der Waals surface area contributed by atoms with Gasteiger partial charge in [-0.25, -0.2) is 9.37 Å². The average molecular weight is 403 g/mol. The first-order valence-corrected chi connectivity index (χ1v) is 10.2. The first-order chi connectivity index (χ1) is 13.6. The van der Waals surface area contributed by atoms with Crippen molar-refractivity contribution in [3.63, 3.8) is 0 Å². The third kappa shape index (κ3) is 4.31. The van der Waals surface area contributed by atoms with Crippen LogP contribution in [0.1, 0.15) is 24.2 Å². The highest BCUT2D eigenvalue weighted by Crippen LogP contribution is 2.34. The van der Waals surface area contributed by atoms with Crippen LogP contribution in [0.25, 0.3) is 10.2 Å². The number of aromatic nitrogens is 1. The number of thiazole rings is 1. The van der Waals surface area contributed by atoms with Crippen LogP contribution in [0.15, 0.2) is 42.5 Å². The van der Waals surface area contributed by atoms with E-state index in [1.165, 1.54) is 40.5 Å². The number of fused-ring (bicyclic) bond motifs is 1. The second-order valence-corrected chi connectivity index (χ2v) is 7.48. The third-order valence-electron chi connectivity index (χ3n) is 4.85. The molecule has 0 aliphatic heterocycles. The van der Waals surface area contributed by atoms with Gasteiger partial charge in [-0.2, -0.15) is 0 Å². The number of nitrogens with zero attached hydrogens (tertiary/aromatic N) is 2. The summed E-state index contributed by atoms with van der Waals surface area (Å²) in [6.45, 7) is 7.59. The van der Waals surface area contributed by atoms with Gasteiger partial charge in [0.05, 0.1) is 38.0 Å². The van der Waals surface area contributed by atoms with E-state index in [9.17, 15) is 9.18 Å². The van der Waals surface area contributed by atoms with E-state index in [1.807, 2.05) is 18.2 Å². The summed E-state index contributed by atoms with van der Waals surface area (Å²) < 4.78 is 19.7. The number of likely N-dealkylation sites (N-methyl/N-ethyl adjacent to an activating group) is 1. The molecule has 3 rings (SSSR count). The van der Waals surface area contributed by atoms with E-state index >= 15 is 0 Å². The van der Waals surface area contributed by atoms with Gasteiger partial charge in [-0.3, -0.25) is 9.69 Å². The molecule has 0 fully saturated rings. The minimum absolute atomic E-state index is 0.176. The van der Waals surface area contributed by atoms with Crippen LogP contribution >= 0.6 is 11.3 Å². The van der Waals surface area contributed by atoms with Gasteiger partial charge in [-0.1, -0.05) is 17.4 Å². The molecule has 0 radical (unpaired) electrons. The van der Waals surface area contributed by atoms with E-state index in [1.54, 1.807) is 12.0 Å². The number of halogens is 1. The maximum Gasteiger partial charge on any atom is 0.260 e. The van der Waals surface area contributed by atoms with Crippen molar-refractivity contribution in [3.05, 3.63) is 53.8 Å². The molecular formula is C21H25FN3O2S+. The van der Waals surface area contributed by atoms with E-state index < -0.39 is 0 Å². The Morgan fingerprint density at radius 3 is 2.54 bits per heavy atom. The van der Waals surface area contributed by atoms with Crippen LogP contribution < -0.4 is 14.5 Å². The molecule has 0 spiro atoms. The van der Waals surface area contributed by atoms with Crippen molar-refractivity contribution in [2.45, 2.75) is 13.8 Å². The van der Waals surface area contributed by atoms with Crippen LogP contribution in [-0.4, -0.2) is 44.2 Å². The normalized spacial score (nSPS) is 11.2. The average Bonchev–Trinajstić information content (AvgIpc) is 3.15. The van der Waals surface area contributed by atoms with E-state index in [-0.39, 0.29) is 11.7 Å². The summed E-state index contributed by atoms with van der Waals surface area (Å²) in [4.78, 5) is 21.0. The fraction of sp³-hybridized carbons (Fsp3) is 0.333. The number of quaternary nitrogens is 1. The molecule has 3 aromatic rings. The summed E-state index contributed by atoms with van der Waals surface area (Å²) in [5, 5.41) is 0.625. The lowest BCUT2D eigenvalue weighted by molar-refractivity contribution is -0.894. The van der Waals surface area contributed by atoms with Crippen LogP contribution in [0.5, 0.6) is 5.75 Å². The second kappa shape index (κ2) is 9.12. The van der Waals surface area contributed by atoms with Crippen LogP contribution in [0.3, 0.4) is 0 Å². The van der Waals surface area contributed by atoms with Gasteiger partial charge in [0, 0.05) is 5.56 Å². The fourth-order valence-corrected chi connectivity index (χ4v) is 4.11. The number of carbonyl (C=O) groups excluding carboxylic acids is 1. The zero-order valence-corrected chi connectivity index (χ0v) is 17.2. The highest BCUT2D eigenvalue weighted by Gasteiger charge is 2.23. The third-order valence-corrected chi connectivity index (χ3v) is 5.89. The molecule has 28 heavy (non-hydrogen) atoms. The number of nitrogens with one attached hydrogen (secondary N) is 1. The molecule has 0 bridgehead atoms. The Kier molecular flexibility index (Phi) is 6.59. The molecular weight excluding hydrogens is 377 g/mol. The van der Waals surface area contributed by atoms with Crippen LogP contribution in [-0.2, 0) is 0 Å². The lowest BCUT2D eigenvalue weighted by atomic mass is 10.2. The minimum Gasteiger partial charge on any atom is -0.494 e.